The molecule has 7 nitrogen and oxygen atoms in total. The van der Waals surface area contributed by atoms with E-state index in [1.54, 1.807) is 6.92 Å². The average Bonchev–Trinajstić information content (AvgIpc) is 3.24. The Balaban J connectivity index is 1.69. The molecule has 0 saturated heterocycles. The van der Waals surface area contributed by atoms with E-state index in [-0.39, 0.29) is 5.75 Å². The number of benzene rings is 1. The van der Waals surface area contributed by atoms with Gasteiger partial charge < -0.3 is 8.94 Å². The third kappa shape index (κ3) is 3.59. The highest BCUT2D eigenvalue weighted by molar-refractivity contribution is 7.84. The van der Waals surface area contributed by atoms with Crippen molar-refractivity contribution in [1.82, 2.24) is 20.3 Å². The number of hydrogen-bond acceptors (Lipinski definition) is 7. The molecule has 0 amide bonds. The summed E-state index contributed by atoms with van der Waals surface area (Å²) in [5, 5.41) is 11.4. The van der Waals surface area contributed by atoms with Crippen LogP contribution in [0, 0.1) is 6.92 Å². The summed E-state index contributed by atoms with van der Waals surface area (Å²) in [5.74, 6) is 1.85. The van der Waals surface area contributed by atoms with Crippen LogP contribution in [0.15, 0.2) is 33.2 Å². The minimum Gasteiger partial charge on any atom is -0.424 e. The molecule has 0 unspecified atom stereocenters. The van der Waals surface area contributed by atoms with E-state index in [9.17, 15) is 4.21 Å². The van der Waals surface area contributed by atoms with Crippen molar-refractivity contribution in [2.45, 2.75) is 38.2 Å². The lowest BCUT2D eigenvalue weighted by Gasteiger charge is -2.04. The van der Waals surface area contributed by atoms with Gasteiger partial charge in [0.2, 0.25) is 23.5 Å². The molecule has 0 spiro atoms. The fourth-order valence-corrected chi connectivity index (χ4v) is 3.00. The van der Waals surface area contributed by atoms with E-state index in [2.05, 4.69) is 20.3 Å². The molecule has 24 heavy (non-hydrogen) atoms. The van der Waals surface area contributed by atoms with Gasteiger partial charge in [-0.3, -0.25) is 4.21 Å². The lowest BCUT2D eigenvalue weighted by Crippen LogP contribution is -2.06. The molecular formula is C16H18N4O3S. The number of rotatable bonds is 6. The standard InChI is InChI=1S/C16H18N4O3S/c1-4-13-18-19-16(22-13)11(3)24(21)9-14-17-15(20-23-14)12-7-5-10(2)6-8-12/h5-8,11H,4,9H2,1-3H3/t11-,24-/m0/s1. The average molecular weight is 346 g/mol. The third-order valence-corrected chi connectivity index (χ3v) is 5.09. The molecule has 8 heteroatoms. The van der Waals surface area contributed by atoms with E-state index >= 15 is 0 Å². The Hall–Kier alpha value is -2.35. The minimum atomic E-state index is -1.29. The topological polar surface area (TPSA) is 94.9 Å². The van der Waals surface area contributed by atoms with E-state index in [0.717, 1.165) is 11.1 Å². The molecule has 2 aromatic heterocycles. The monoisotopic (exact) mass is 346 g/mol. The Kier molecular flexibility index (Phi) is 4.84. The first-order valence-corrected chi connectivity index (χ1v) is 9.04. The van der Waals surface area contributed by atoms with Crippen LogP contribution in [0.5, 0.6) is 0 Å². The van der Waals surface area contributed by atoms with E-state index in [0.29, 0.717) is 29.9 Å². The molecule has 0 aliphatic carbocycles. The van der Waals surface area contributed by atoms with Gasteiger partial charge >= 0.3 is 0 Å². The van der Waals surface area contributed by atoms with Gasteiger partial charge in [-0.05, 0) is 13.8 Å². The van der Waals surface area contributed by atoms with Gasteiger partial charge in [-0.2, -0.15) is 4.98 Å². The van der Waals surface area contributed by atoms with E-state index in [1.165, 1.54) is 0 Å². The molecule has 1 aromatic carbocycles. The summed E-state index contributed by atoms with van der Waals surface area (Å²) in [6.07, 6.45) is 0.649. The zero-order valence-electron chi connectivity index (χ0n) is 13.7. The van der Waals surface area contributed by atoms with Gasteiger partial charge in [0.15, 0.2) is 0 Å². The largest absolute Gasteiger partial charge is 0.424 e. The van der Waals surface area contributed by atoms with Crippen molar-refractivity contribution in [3.63, 3.8) is 0 Å². The van der Waals surface area contributed by atoms with Crippen LogP contribution in [0.3, 0.4) is 0 Å². The van der Waals surface area contributed by atoms with Crippen LogP contribution in [0.1, 0.15) is 42.3 Å². The van der Waals surface area contributed by atoms with Crippen LogP contribution in [0.25, 0.3) is 11.4 Å². The molecule has 2 atom stereocenters. The van der Waals surface area contributed by atoms with Gasteiger partial charge in [0.25, 0.3) is 0 Å². The summed E-state index contributed by atoms with van der Waals surface area (Å²) in [5.41, 5.74) is 2.02. The second kappa shape index (κ2) is 7.04. The third-order valence-electron chi connectivity index (χ3n) is 3.57. The van der Waals surface area contributed by atoms with Gasteiger partial charge in [-0.15, -0.1) is 10.2 Å². The van der Waals surface area contributed by atoms with Crippen LogP contribution in [0.4, 0.5) is 0 Å². The molecule has 0 aliphatic heterocycles. The van der Waals surface area contributed by atoms with Crippen molar-refractivity contribution in [3.05, 3.63) is 47.5 Å². The molecule has 3 rings (SSSR count). The normalized spacial score (nSPS) is 13.8. The molecule has 0 aliphatic rings. The fourth-order valence-electron chi connectivity index (χ4n) is 2.07. The van der Waals surface area contributed by atoms with Crippen molar-refractivity contribution < 1.29 is 13.1 Å². The Labute approximate surface area is 141 Å². The van der Waals surface area contributed by atoms with Gasteiger partial charge in [0, 0.05) is 22.8 Å². The minimum absolute atomic E-state index is 0.143. The molecule has 0 fully saturated rings. The van der Waals surface area contributed by atoms with Gasteiger partial charge in [0.05, 0.1) is 0 Å². The number of nitrogens with zero attached hydrogens (tertiary/aromatic N) is 4. The van der Waals surface area contributed by atoms with E-state index in [4.69, 9.17) is 8.94 Å². The highest BCUT2D eigenvalue weighted by Crippen LogP contribution is 2.22. The molecule has 3 aromatic rings. The number of aromatic nitrogens is 4. The summed E-state index contributed by atoms with van der Waals surface area (Å²) >= 11 is 0. The Morgan fingerprint density at radius 3 is 2.58 bits per heavy atom. The molecule has 126 valence electrons. The smallest absolute Gasteiger partial charge is 0.239 e. The summed E-state index contributed by atoms with van der Waals surface area (Å²) in [7, 11) is -1.29. The molecule has 2 heterocycles. The maximum absolute atomic E-state index is 12.5. The van der Waals surface area contributed by atoms with E-state index in [1.807, 2.05) is 38.1 Å². The second-order valence-corrected chi connectivity index (χ2v) is 7.19. The Bertz CT molecular complexity index is 841. The van der Waals surface area contributed by atoms with Crippen LogP contribution in [0.2, 0.25) is 0 Å². The molecule has 0 N–H and O–H groups in total. The maximum Gasteiger partial charge on any atom is 0.239 e. The predicted molar refractivity (Wildman–Crippen MR) is 88.4 cm³/mol. The number of hydrogen-bond donors (Lipinski definition) is 0. The first kappa shape index (κ1) is 16.5. The van der Waals surface area contributed by atoms with Gasteiger partial charge in [-0.1, -0.05) is 41.9 Å². The van der Waals surface area contributed by atoms with Crippen LogP contribution >= 0.6 is 0 Å². The van der Waals surface area contributed by atoms with Crippen molar-refractivity contribution in [1.29, 1.82) is 0 Å². The van der Waals surface area contributed by atoms with Gasteiger partial charge in [-0.25, -0.2) is 0 Å². The summed E-state index contributed by atoms with van der Waals surface area (Å²) < 4.78 is 23.1. The predicted octanol–water partition coefficient (Wildman–Crippen LogP) is 3.00. The lowest BCUT2D eigenvalue weighted by molar-refractivity contribution is 0.390. The highest BCUT2D eigenvalue weighted by atomic mass is 32.2. The molecule has 0 saturated carbocycles. The quantitative estimate of drug-likeness (QED) is 0.677. The highest BCUT2D eigenvalue weighted by Gasteiger charge is 2.22. The zero-order valence-corrected chi connectivity index (χ0v) is 14.5. The Morgan fingerprint density at radius 1 is 1.17 bits per heavy atom. The second-order valence-electron chi connectivity index (χ2n) is 5.43. The lowest BCUT2D eigenvalue weighted by atomic mass is 10.1. The van der Waals surface area contributed by atoms with Crippen molar-refractivity contribution in [2.75, 3.05) is 0 Å². The Morgan fingerprint density at radius 2 is 1.92 bits per heavy atom. The molecule has 0 bridgehead atoms. The summed E-state index contributed by atoms with van der Waals surface area (Å²) in [6.45, 7) is 5.71. The number of aryl methyl sites for hydroxylation is 2. The van der Waals surface area contributed by atoms with Crippen molar-refractivity contribution in [3.8, 4) is 11.4 Å². The molecular weight excluding hydrogens is 328 g/mol. The van der Waals surface area contributed by atoms with Crippen molar-refractivity contribution >= 4 is 10.8 Å². The summed E-state index contributed by atoms with van der Waals surface area (Å²) in [6, 6.07) is 7.81. The fraction of sp³-hybridized carbons (Fsp3) is 0.375. The van der Waals surface area contributed by atoms with Crippen LogP contribution in [-0.2, 0) is 23.0 Å². The SMILES string of the molecule is CCc1nnc([C@H](C)[S@@](=O)Cc2nc(-c3ccc(C)cc3)no2)o1. The van der Waals surface area contributed by atoms with Crippen LogP contribution in [-0.4, -0.2) is 24.5 Å². The summed E-state index contributed by atoms with van der Waals surface area (Å²) in [4.78, 5) is 4.31. The maximum atomic E-state index is 12.5. The van der Waals surface area contributed by atoms with Crippen LogP contribution < -0.4 is 0 Å². The van der Waals surface area contributed by atoms with Gasteiger partial charge in [0.1, 0.15) is 11.0 Å². The first-order chi connectivity index (χ1) is 11.6. The van der Waals surface area contributed by atoms with E-state index < -0.39 is 16.0 Å². The molecule has 0 radical (unpaired) electrons. The van der Waals surface area contributed by atoms with Crippen molar-refractivity contribution in [2.24, 2.45) is 0 Å². The zero-order chi connectivity index (χ0) is 17.1. The first-order valence-electron chi connectivity index (χ1n) is 7.66.